The first-order valence-corrected chi connectivity index (χ1v) is 9.55. The molecule has 0 spiro atoms. The maximum absolute atomic E-state index is 12.0. The van der Waals surface area contributed by atoms with Gasteiger partial charge in [0.15, 0.2) is 0 Å². The Balaban J connectivity index is 1.44. The van der Waals surface area contributed by atoms with E-state index in [2.05, 4.69) is 40.6 Å². The Morgan fingerprint density at radius 1 is 1.12 bits per heavy atom. The third kappa shape index (κ3) is 5.20. The molecule has 0 atom stereocenters. The van der Waals surface area contributed by atoms with E-state index in [0.717, 1.165) is 11.3 Å². The minimum Gasteiger partial charge on any atom is -0.346 e. The summed E-state index contributed by atoms with van der Waals surface area (Å²) in [5.41, 5.74) is 4.52. The lowest BCUT2D eigenvalue weighted by Gasteiger charge is -2.04. The van der Waals surface area contributed by atoms with Crippen molar-refractivity contribution in [3.63, 3.8) is 0 Å². The first-order chi connectivity index (χ1) is 12.6. The maximum Gasteiger partial charge on any atom is 0.246 e. The number of aryl methyl sites for hydroxylation is 2. The summed E-state index contributed by atoms with van der Waals surface area (Å²) >= 11 is 1.58. The van der Waals surface area contributed by atoms with Crippen molar-refractivity contribution in [2.24, 2.45) is 0 Å². The fourth-order valence-corrected chi connectivity index (χ4v) is 3.24. The van der Waals surface area contributed by atoms with Crippen LogP contribution in [-0.2, 0) is 17.1 Å². The number of nitrogens with one attached hydrogen (secondary N) is 1. The molecular formula is C20H21N3O2S. The quantitative estimate of drug-likeness (QED) is 0.686. The zero-order valence-electron chi connectivity index (χ0n) is 14.9. The van der Waals surface area contributed by atoms with Crippen molar-refractivity contribution in [1.29, 1.82) is 0 Å². The van der Waals surface area contributed by atoms with Crippen LogP contribution in [0.3, 0.4) is 0 Å². The van der Waals surface area contributed by atoms with Crippen LogP contribution in [0.4, 0.5) is 0 Å². The number of amides is 1. The zero-order chi connectivity index (χ0) is 18.4. The molecule has 0 saturated carbocycles. The Labute approximate surface area is 157 Å². The molecule has 26 heavy (non-hydrogen) atoms. The predicted molar refractivity (Wildman–Crippen MR) is 104 cm³/mol. The monoisotopic (exact) mass is 367 g/mol. The van der Waals surface area contributed by atoms with Gasteiger partial charge in [0.1, 0.15) is 0 Å². The second kappa shape index (κ2) is 8.67. The van der Waals surface area contributed by atoms with Gasteiger partial charge in [-0.1, -0.05) is 64.8 Å². The van der Waals surface area contributed by atoms with Crippen LogP contribution in [0.25, 0.3) is 11.4 Å². The zero-order valence-corrected chi connectivity index (χ0v) is 15.7. The van der Waals surface area contributed by atoms with Crippen LogP contribution in [0.5, 0.6) is 0 Å². The lowest BCUT2D eigenvalue weighted by Crippen LogP contribution is -2.24. The first kappa shape index (κ1) is 18.2. The molecule has 1 N–H and O–H groups in total. The molecule has 134 valence electrons. The summed E-state index contributed by atoms with van der Waals surface area (Å²) in [5.74, 6) is 2.10. The molecule has 1 amide bonds. The molecule has 2 aromatic carbocycles. The molecule has 3 rings (SSSR count). The highest BCUT2D eigenvalue weighted by molar-refractivity contribution is 7.99. The van der Waals surface area contributed by atoms with Gasteiger partial charge in [-0.05, 0) is 19.4 Å². The normalized spacial score (nSPS) is 10.7. The van der Waals surface area contributed by atoms with Gasteiger partial charge in [0.2, 0.25) is 17.6 Å². The summed E-state index contributed by atoms with van der Waals surface area (Å²) in [6.07, 6.45) is 0. The van der Waals surface area contributed by atoms with Crippen molar-refractivity contribution in [2.75, 3.05) is 5.75 Å². The van der Waals surface area contributed by atoms with Crippen molar-refractivity contribution in [3.8, 4) is 11.4 Å². The number of hydrogen-bond acceptors (Lipinski definition) is 5. The Hall–Kier alpha value is -2.60. The standard InChI is InChI=1S/C20H21N3O2S/c1-14-6-8-17(9-7-14)20-22-19(25-23-20)11-21-18(24)13-26-12-16-5-3-4-15(2)10-16/h3-10H,11-13H2,1-2H3,(H,21,24). The van der Waals surface area contributed by atoms with Crippen LogP contribution < -0.4 is 5.32 Å². The minimum atomic E-state index is -0.0438. The maximum atomic E-state index is 12.0. The highest BCUT2D eigenvalue weighted by Gasteiger charge is 2.10. The Bertz CT molecular complexity index is 875. The summed E-state index contributed by atoms with van der Waals surface area (Å²) in [6.45, 7) is 4.33. The van der Waals surface area contributed by atoms with E-state index in [1.54, 1.807) is 11.8 Å². The lowest BCUT2D eigenvalue weighted by molar-refractivity contribution is -0.118. The van der Waals surface area contributed by atoms with E-state index >= 15 is 0 Å². The number of carbonyl (C=O) groups is 1. The van der Waals surface area contributed by atoms with Crippen LogP contribution >= 0.6 is 11.8 Å². The minimum absolute atomic E-state index is 0.0438. The summed E-state index contributed by atoms with van der Waals surface area (Å²) in [4.78, 5) is 16.3. The first-order valence-electron chi connectivity index (χ1n) is 8.40. The van der Waals surface area contributed by atoms with Crippen molar-refractivity contribution in [3.05, 3.63) is 71.1 Å². The third-order valence-corrected chi connectivity index (χ3v) is 4.80. The van der Waals surface area contributed by atoms with Crippen LogP contribution in [0.15, 0.2) is 53.1 Å². The Morgan fingerprint density at radius 2 is 1.92 bits per heavy atom. The molecule has 1 aromatic heterocycles. The van der Waals surface area contributed by atoms with E-state index in [-0.39, 0.29) is 12.5 Å². The van der Waals surface area contributed by atoms with Gasteiger partial charge in [0.05, 0.1) is 12.3 Å². The second-order valence-electron chi connectivity index (χ2n) is 6.14. The predicted octanol–water partition coefficient (Wildman–Crippen LogP) is 3.90. The average molecular weight is 367 g/mol. The fourth-order valence-electron chi connectivity index (χ4n) is 2.44. The van der Waals surface area contributed by atoms with Crippen LogP contribution in [0.2, 0.25) is 0 Å². The number of benzene rings is 2. The summed E-state index contributed by atoms with van der Waals surface area (Å²) in [6, 6.07) is 16.2. The topological polar surface area (TPSA) is 68.0 Å². The molecule has 0 radical (unpaired) electrons. The molecule has 0 aliphatic rings. The molecule has 0 aliphatic heterocycles. The van der Waals surface area contributed by atoms with E-state index in [1.807, 2.05) is 37.3 Å². The Kier molecular flexibility index (Phi) is 6.07. The lowest BCUT2D eigenvalue weighted by atomic mass is 10.1. The highest BCUT2D eigenvalue weighted by Crippen LogP contribution is 2.16. The molecule has 0 aliphatic carbocycles. The smallest absolute Gasteiger partial charge is 0.246 e. The number of carbonyl (C=O) groups excluding carboxylic acids is 1. The third-order valence-electron chi connectivity index (χ3n) is 3.80. The van der Waals surface area contributed by atoms with Gasteiger partial charge in [-0.3, -0.25) is 4.79 Å². The van der Waals surface area contributed by atoms with Gasteiger partial charge < -0.3 is 9.84 Å². The van der Waals surface area contributed by atoms with Crippen molar-refractivity contribution >= 4 is 17.7 Å². The molecule has 0 bridgehead atoms. The van der Waals surface area contributed by atoms with Crippen LogP contribution in [0.1, 0.15) is 22.6 Å². The molecular weight excluding hydrogens is 346 g/mol. The molecule has 3 aromatic rings. The SMILES string of the molecule is Cc1ccc(-c2noc(CNC(=O)CSCc3cccc(C)c3)n2)cc1. The molecule has 5 nitrogen and oxygen atoms in total. The number of hydrogen-bond donors (Lipinski definition) is 1. The molecule has 6 heteroatoms. The van der Waals surface area contributed by atoms with Crippen molar-refractivity contribution in [2.45, 2.75) is 26.1 Å². The van der Waals surface area contributed by atoms with Crippen LogP contribution in [-0.4, -0.2) is 21.8 Å². The summed E-state index contributed by atoms with van der Waals surface area (Å²) in [7, 11) is 0. The van der Waals surface area contributed by atoms with Gasteiger partial charge in [-0.25, -0.2) is 0 Å². The number of rotatable bonds is 7. The number of nitrogens with zero attached hydrogens (tertiary/aromatic N) is 2. The van der Waals surface area contributed by atoms with Gasteiger partial charge in [-0.2, -0.15) is 4.98 Å². The van der Waals surface area contributed by atoms with E-state index in [9.17, 15) is 4.79 Å². The molecule has 0 unspecified atom stereocenters. The van der Waals surface area contributed by atoms with E-state index in [1.165, 1.54) is 16.7 Å². The average Bonchev–Trinajstić information content (AvgIpc) is 3.10. The molecule has 0 fully saturated rings. The second-order valence-corrected chi connectivity index (χ2v) is 7.12. The summed E-state index contributed by atoms with van der Waals surface area (Å²) < 4.78 is 5.20. The number of thioether (sulfide) groups is 1. The fraction of sp³-hybridized carbons (Fsp3) is 0.250. The van der Waals surface area contributed by atoms with E-state index < -0.39 is 0 Å². The molecule has 1 heterocycles. The van der Waals surface area contributed by atoms with E-state index in [4.69, 9.17) is 4.52 Å². The number of aromatic nitrogens is 2. The Morgan fingerprint density at radius 3 is 2.69 bits per heavy atom. The van der Waals surface area contributed by atoms with Crippen LogP contribution in [0, 0.1) is 13.8 Å². The summed E-state index contributed by atoms with van der Waals surface area (Å²) in [5, 5.41) is 6.78. The van der Waals surface area contributed by atoms with E-state index in [0.29, 0.717) is 17.5 Å². The van der Waals surface area contributed by atoms with Gasteiger partial charge in [-0.15, -0.1) is 11.8 Å². The van der Waals surface area contributed by atoms with Gasteiger partial charge in [0.25, 0.3) is 0 Å². The molecule has 0 saturated heterocycles. The van der Waals surface area contributed by atoms with Crippen molar-refractivity contribution < 1.29 is 9.32 Å². The van der Waals surface area contributed by atoms with Gasteiger partial charge >= 0.3 is 0 Å². The highest BCUT2D eigenvalue weighted by atomic mass is 32.2. The van der Waals surface area contributed by atoms with Crippen molar-refractivity contribution in [1.82, 2.24) is 15.5 Å². The van der Waals surface area contributed by atoms with Gasteiger partial charge in [0, 0.05) is 11.3 Å². The largest absolute Gasteiger partial charge is 0.346 e.